The zero-order chi connectivity index (χ0) is 27.0. The highest BCUT2D eigenvalue weighted by atomic mass is 32.2. The maximum absolute atomic E-state index is 14.8. The Kier molecular flexibility index (Phi) is 7.33. The Morgan fingerprint density at radius 1 is 1.19 bits per heavy atom. The Hall–Kier alpha value is -3.39. The van der Waals surface area contributed by atoms with Gasteiger partial charge in [-0.15, -0.1) is 10.2 Å². The van der Waals surface area contributed by atoms with Crippen molar-refractivity contribution in [3.8, 4) is 11.5 Å². The molecule has 198 valence electrons. The van der Waals surface area contributed by atoms with Gasteiger partial charge in [0.25, 0.3) is 5.91 Å². The predicted molar refractivity (Wildman–Crippen MR) is 127 cm³/mol. The maximum Gasteiger partial charge on any atom is 0.390 e. The van der Waals surface area contributed by atoms with Crippen molar-refractivity contribution in [3.63, 3.8) is 0 Å². The minimum Gasteiger partial charge on any atom is -0.310 e. The van der Waals surface area contributed by atoms with E-state index in [1.54, 1.807) is 23.0 Å². The Balaban J connectivity index is 1.53. The summed E-state index contributed by atoms with van der Waals surface area (Å²) >= 11 is 0. The Morgan fingerprint density at radius 2 is 1.95 bits per heavy atom. The number of hydrogen-bond acceptors (Lipinski definition) is 6. The van der Waals surface area contributed by atoms with Gasteiger partial charge in [0.15, 0.2) is 5.82 Å². The number of alkyl halides is 3. The number of carbonyl (C=O) groups excluding carboxylic acids is 1. The number of carbonyl (C=O) groups is 1. The van der Waals surface area contributed by atoms with Crippen LogP contribution in [0.3, 0.4) is 0 Å². The molecule has 3 heterocycles. The van der Waals surface area contributed by atoms with Crippen LogP contribution in [0.2, 0.25) is 0 Å². The molecule has 0 spiro atoms. The smallest absolute Gasteiger partial charge is 0.310 e. The number of sulfonamides is 1. The van der Waals surface area contributed by atoms with Crippen LogP contribution in [0.25, 0.3) is 11.5 Å². The standard InChI is InChI=1S/C23H24F4N6O3S/c1-14(2)33-13-28-31-21(33)19-4-3-5-20(29-19)30-22(34)17-10-16-12-32(8-6-15(16)11-18(17)24)37(35,36)9-7-23(25,26)27/h3-5,10-11,13-14H,6-9,12H2,1-2H3,(H,29,30,34). The lowest BCUT2D eigenvalue weighted by Gasteiger charge is -2.28. The number of nitrogens with one attached hydrogen (secondary N) is 1. The van der Waals surface area contributed by atoms with Gasteiger partial charge >= 0.3 is 6.18 Å². The van der Waals surface area contributed by atoms with Crippen molar-refractivity contribution in [3.05, 3.63) is 59.2 Å². The molecule has 0 unspecified atom stereocenters. The van der Waals surface area contributed by atoms with E-state index in [0.717, 1.165) is 10.4 Å². The number of aromatic nitrogens is 4. The Morgan fingerprint density at radius 3 is 2.65 bits per heavy atom. The van der Waals surface area contributed by atoms with Gasteiger partial charge in [0.2, 0.25) is 10.0 Å². The summed E-state index contributed by atoms with van der Waals surface area (Å²) in [5.74, 6) is -2.08. The third-order valence-electron chi connectivity index (χ3n) is 5.90. The molecule has 1 N–H and O–H groups in total. The number of anilines is 1. The molecule has 0 saturated heterocycles. The molecule has 0 atom stereocenters. The molecule has 2 aromatic heterocycles. The summed E-state index contributed by atoms with van der Waals surface area (Å²) in [5.41, 5.74) is 0.935. The Labute approximate surface area is 210 Å². The van der Waals surface area contributed by atoms with Crippen molar-refractivity contribution >= 4 is 21.7 Å². The van der Waals surface area contributed by atoms with Crippen LogP contribution in [0, 0.1) is 5.82 Å². The molecule has 0 bridgehead atoms. The van der Waals surface area contributed by atoms with Gasteiger partial charge in [-0.05, 0) is 55.7 Å². The zero-order valence-electron chi connectivity index (χ0n) is 20.0. The van der Waals surface area contributed by atoms with Crippen molar-refractivity contribution in [1.29, 1.82) is 0 Å². The molecule has 1 aliphatic rings. The number of nitrogens with zero attached hydrogens (tertiary/aromatic N) is 5. The Bertz CT molecular complexity index is 1420. The molecule has 0 aliphatic carbocycles. The molecule has 9 nitrogen and oxygen atoms in total. The summed E-state index contributed by atoms with van der Waals surface area (Å²) in [6.45, 7) is 3.56. The first-order valence-electron chi connectivity index (χ1n) is 11.4. The van der Waals surface area contributed by atoms with Crippen molar-refractivity contribution < 1.29 is 30.8 Å². The van der Waals surface area contributed by atoms with Gasteiger partial charge in [0, 0.05) is 19.1 Å². The van der Waals surface area contributed by atoms with E-state index in [2.05, 4.69) is 20.5 Å². The molecule has 3 aromatic rings. The van der Waals surface area contributed by atoms with E-state index in [-0.39, 0.29) is 36.9 Å². The minimum atomic E-state index is -4.61. The SMILES string of the molecule is CC(C)n1cnnc1-c1cccc(NC(=O)c2cc3c(cc2F)CCN(S(=O)(=O)CCC(F)(F)F)C3)n1. The summed E-state index contributed by atoms with van der Waals surface area (Å²) in [6.07, 6.45) is -4.40. The van der Waals surface area contributed by atoms with Crippen molar-refractivity contribution in [2.45, 2.75) is 45.5 Å². The van der Waals surface area contributed by atoms with Crippen LogP contribution in [0.15, 0.2) is 36.7 Å². The van der Waals surface area contributed by atoms with Crippen LogP contribution in [-0.4, -0.2) is 56.9 Å². The fourth-order valence-electron chi connectivity index (χ4n) is 3.96. The molecule has 4 rings (SSSR count). The number of halogens is 4. The van der Waals surface area contributed by atoms with Crippen LogP contribution in [-0.2, 0) is 23.0 Å². The minimum absolute atomic E-state index is 0.0616. The first-order chi connectivity index (χ1) is 17.3. The molecule has 0 fully saturated rings. The van der Waals surface area contributed by atoms with E-state index in [4.69, 9.17) is 0 Å². The van der Waals surface area contributed by atoms with Gasteiger partial charge in [-0.1, -0.05) is 6.07 Å². The fraction of sp³-hybridized carbons (Fsp3) is 0.391. The number of amides is 1. The quantitative estimate of drug-likeness (QED) is 0.455. The van der Waals surface area contributed by atoms with Crippen LogP contribution in [0.5, 0.6) is 0 Å². The summed E-state index contributed by atoms with van der Waals surface area (Å²) in [4.78, 5) is 17.3. The second-order valence-electron chi connectivity index (χ2n) is 8.88. The van der Waals surface area contributed by atoms with Gasteiger partial charge in [0.1, 0.15) is 23.7 Å². The summed E-state index contributed by atoms with van der Waals surface area (Å²) in [6, 6.07) is 7.29. The summed E-state index contributed by atoms with van der Waals surface area (Å²) in [5, 5.41) is 10.5. The highest BCUT2D eigenvalue weighted by Crippen LogP contribution is 2.27. The molecular weight excluding hydrogens is 516 g/mol. The van der Waals surface area contributed by atoms with E-state index in [1.165, 1.54) is 12.1 Å². The largest absolute Gasteiger partial charge is 0.390 e. The van der Waals surface area contributed by atoms with Crippen LogP contribution in [0.1, 0.15) is 47.8 Å². The monoisotopic (exact) mass is 540 g/mol. The third-order valence-corrected chi connectivity index (χ3v) is 7.72. The second kappa shape index (κ2) is 10.2. The molecule has 1 amide bonds. The molecule has 37 heavy (non-hydrogen) atoms. The molecular formula is C23H24F4N6O3S. The summed E-state index contributed by atoms with van der Waals surface area (Å²) in [7, 11) is -4.19. The van der Waals surface area contributed by atoms with Crippen LogP contribution >= 0.6 is 0 Å². The normalized spacial score (nSPS) is 14.6. The molecule has 14 heteroatoms. The molecule has 1 aliphatic heterocycles. The predicted octanol–water partition coefficient (Wildman–Crippen LogP) is 3.95. The van der Waals surface area contributed by atoms with E-state index < -0.39 is 40.1 Å². The van der Waals surface area contributed by atoms with Crippen molar-refractivity contribution in [2.75, 3.05) is 17.6 Å². The summed E-state index contributed by atoms with van der Waals surface area (Å²) < 4.78 is 80.0. The van der Waals surface area contributed by atoms with E-state index >= 15 is 0 Å². The molecule has 0 saturated carbocycles. The maximum atomic E-state index is 14.8. The number of benzene rings is 1. The first kappa shape index (κ1) is 26.7. The van der Waals surface area contributed by atoms with Gasteiger partial charge in [-0.2, -0.15) is 17.5 Å². The lowest BCUT2D eigenvalue weighted by Crippen LogP contribution is -2.38. The van der Waals surface area contributed by atoms with E-state index in [9.17, 15) is 30.8 Å². The average molecular weight is 541 g/mol. The lowest BCUT2D eigenvalue weighted by atomic mass is 9.97. The van der Waals surface area contributed by atoms with Crippen molar-refractivity contribution in [2.24, 2.45) is 0 Å². The van der Waals surface area contributed by atoms with Crippen LogP contribution in [0.4, 0.5) is 23.4 Å². The number of pyridine rings is 1. The lowest BCUT2D eigenvalue weighted by molar-refractivity contribution is -0.130. The molecule has 1 aromatic carbocycles. The highest BCUT2D eigenvalue weighted by Gasteiger charge is 2.34. The second-order valence-corrected chi connectivity index (χ2v) is 11.0. The molecule has 0 radical (unpaired) electrons. The number of rotatable bonds is 7. The topological polar surface area (TPSA) is 110 Å². The zero-order valence-corrected chi connectivity index (χ0v) is 20.8. The first-order valence-corrected chi connectivity index (χ1v) is 13.0. The van der Waals surface area contributed by atoms with E-state index in [1.807, 2.05) is 13.8 Å². The van der Waals surface area contributed by atoms with Gasteiger partial charge in [-0.25, -0.2) is 17.8 Å². The number of hydrogen-bond donors (Lipinski definition) is 1. The third kappa shape index (κ3) is 6.13. The fourth-order valence-corrected chi connectivity index (χ4v) is 5.41. The average Bonchev–Trinajstić information content (AvgIpc) is 3.32. The van der Waals surface area contributed by atoms with Gasteiger partial charge < -0.3 is 9.88 Å². The van der Waals surface area contributed by atoms with Gasteiger partial charge in [-0.3, -0.25) is 4.79 Å². The number of fused-ring (bicyclic) bond motifs is 1. The van der Waals surface area contributed by atoms with Crippen molar-refractivity contribution in [1.82, 2.24) is 24.1 Å². The van der Waals surface area contributed by atoms with Crippen LogP contribution < -0.4 is 5.32 Å². The van der Waals surface area contributed by atoms with Gasteiger partial charge in [0.05, 0.1) is 17.7 Å². The highest BCUT2D eigenvalue weighted by molar-refractivity contribution is 7.89. The van der Waals surface area contributed by atoms with E-state index in [0.29, 0.717) is 22.6 Å².